The number of nitrogens with two attached hydrogens (primary N) is 1. The van der Waals surface area contributed by atoms with Crippen molar-refractivity contribution in [3.63, 3.8) is 0 Å². The molecular weight excluding hydrogens is 282 g/mol. The maximum atomic E-state index is 11.2. The highest BCUT2D eigenvalue weighted by Crippen LogP contribution is 2.35. The van der Waals surface area contributed by atoms with Crippen LogP contribution in [-0.2, 0) is 0 Å². The molecule has 0 fully saturated rings. The number of benzene rings is 1. The van der Waals surface area contributed by atoms with Crippen molar-refractivity contribution >= 4 is 17.5 Å². The van der Waals surface area contributed by atoms with E-state index in [1.165, 1.54) is 20.4 Å². The fraction of sp³-hybridized carbons (Fsp3) is 0.154. The molecule has 1 aromatic carbocycles. The van der Waals surface area contributed by atoms with E-state index in [0.29, 0.717) is 16.3 Å². The molecule has 1 amide bonds. The lowest BCUT2D eigenvalue weighted by molar-refractivity contribution is 0.0996. The minimum atomic E-state index is -0.667. The number of carbonyl (C=O) groups excluding carboxylic acids is 1. The molecule has 0 aliphatic carbocycles. The van der Waals surface area contributed by atoms with Crippen molar-refractivity contribution in [3.8, 4) is 23.0 Å². The molecule has 0 saturated carbocycles. The topological polar surface area (TPSA) is 87.3 Å². The van der Waals surface area contributed by atoms with E-state index in [4.69, 9.17) is 26.8 Å². The van der Waals surface area contributed by atoms with E-state index >= 15 is 0 Å². The minimum Gasteiger partial charge on any atom is -0.496 e. The first-order valence-corrected chi connectivity index (χ1v) is 6.00. The van der Waals surface area contributed by atoms with Crippen molar-refractivity contribution in [2.75, 3.05) is 14.2 Å². The normalized spacial score (nSPS) is 10.2. The molecule has 0 atom stereocenters. The molecule has 0 saturated heterocycles. The molecule has 0 bridgehead atoms. The molecule has 7 heteroatoms. The second kappa shape index (κ2) is 5.75. The van der Waals surface area contributed by atoms with Gasteiger partial charge < -0.3 is 15.2 Å². The fourth-order valence-corrected chi connectivity index (χ4v) is 1.95. The van der Waals surface area contributed by atoms with Crippen LogP contribution in [0.4, 0.5) is 0 Å². The van der Waals surface area contributed by atoms with Crippen molar-refractivity contribution < 1.29 is 14.3 Å². The second-order valence-corrected chi connectivity index (χ2v) is 4.21. The van der Waals surface area contributed by atoms with E-state index in [2.05, 4.69) is 9.97 Å². The van der Waals surface area contributed by atoms with Gasteiger partial charge >= 0.3 is 0 Å². The zero-order chi connectivity index (χ0) is 14.7. The third kappa shape index (κ3) is 2.50. The van der Waals surface area contributed by atoms with Crippen LogP contribution < -0.4 is 15.2 Å². The molecule has 2 rings (SSSR count). The predicted molar refractivity (Wildman–Crippen MR) is 74.1 cm³/mol. The first kappa shape index (κ1) is 14.1. The summed E-state index contributed by atoms with van der Waals surface area (Å²) in [5, 5.41) is 0.429. The molecule has 0 aliphatic heterocycles. The lowest BCUT2D eigenvalue weighted by Crippen LogP contribution is -2.14. The van der Waals surface area contributed by atoms with Crippen LogP contribution in [0.15, 0.2) is 24.4 Å². The van der Waals surface area contributed by atoms with E-state index in [0.717, 1.165) is 0 Å². The van der Waals surface area contributed by atoms with Crippen molar-refractivity contribution in [3.05, 3.63) is 35.0 Å². The number of halogens is 1. The zero-order valence-corrected chi connectivity index (χ0v) is 11.6. The van der Waals surface area contributed by atoms with Gasteiger partial charge in [-0.2, -0.15) is 4.98 Å². The molecule has 1 aromatic heterocycles. The van der Waals surface area contributed by atoms with Gasteiger partial charge in [-0.15, -0.1) is 0 Å². The summed E-state index contributed by atoms with van der Waals surface area (Å²) in [5.74, 6) is 0.227. The highest BCUT2D eigenvalue weighted by molar-refractivity contribution is 6.33. The third-order valence-electron chi connectivity index (χ3n) is 2.63. The van der Waals surface area contributed by atoms with Crippen LogP contribution in [0.25, 0.3) is 11.4 Å². The Labute approximate surface area is 120 Å². The molecular formula is C13H12ClN3O3. The largest absolute Gasteiger partial charge is 0.496 e. The summed E-state index contributed by atoms with van der Waals surface area (Å²) in [6.45, 7) is 0. The van der Waals surface area contributed by atoms with Crippen LogP contribution in [0, 0.1) is 0 Å². The van der Waals surface area contributed by atoms with Crippen LogP contribution in [0.2, 0.25) is 5.02 Å². The number of amides is 1. The SMILES string of the molecule is COc1cccc(Cl)c1-c1ncc(C(N)=O)c(OC)n1. The highest BCUT2D eigenvalue weighted by Gasteiger charge is 2.17. The monoisotopic (exact) mass is 293 g/mol. The van der Waals surface area contributed by atoms with Gasteiger partial charge in [-0.05, 0) is 12.1 Å². The summed E-state index contributed by atoms with van der Waals surface area (Å²) >= 11 is 6.15. The summed E-state index contributed by atoms with van der Waals surface area (Å²) in [6.07, 6.45) is 1.30. The quantitative estimate of drug-likeness (QED) is 0.930. The Hall–Kier alpha value is -2.34. The number of aromatic nitrogens is 2. The number of hydrogen-bond acceptors (Lipinski definition) is 5. The molecule has 0 spiro atoms. The number of carbonyl (C=O) groups is 1. The number of primary amides is 1. The van der Waals surface area contributed by atoms with Crippen molar-refractivity contribution in [1.29, 1.82) is 0 Å². The number of methoxy groups -OCH3 is 2. The summed E-state index contributed by atoms with van der Waals surface area (Å²) in [6, 6.07) is 5.18. The lowest BCUT2D eigenvalue weighted by Gasteiger charge is -2.11. The number of nitrogens with zero attached hydrogens (tertiary/aromatic N) is 2. The van der Waals surface area contributed by atoms with Crippen molar-refractivity contribution in [2.45, 2.75) is 0 Å². The smallest absolute Gasteiger partial charge is 0.255 e. The molecule has 2 aromatic rings. The number of ether oxygens (including phenoxy) is 2. The van der Waals surface area contributed by atoms with Crippen molar-refractivity contribution in [1.82, 2.24) is 9.97 Å². The minimum absolute atomic E-state index is 0.0875. The fourth-order valence-electron chi connectivity index (χ4n) is 1.70. The Balaban J connectivity index is 2.62. The van der Waals surface area contributed by atoms with Gasteiger partial charge in [0.15, 0.2) is 5.82 Å². The Morgan fingerprint density at radius 3 is 2.65 bits per heavy atom. The van der Waals surface area contributed by atoms with E-state index in [9.17, 15) is 4.79 Å². The first-order valence-electron chi connectivity index (χ1n) is 5.62. The van der Waals surface area contributed by atoms with Gasteiger partial charge in [-0.1, -0.05) is 17.7 Å². The predicted octanol–water partition coefficient (Wildman–Crippen LogP) is 1.91. The maximum Gasteiger partial charge on any atom is 0.255 e. The third-order valence-corrected chi connectivity index (χ3v) is 2.95. The molecule has 6 nitrogen and oxygen atoms in total. The average Bonchev–Trinajstić information content (AvgIpc) is 2.46. The second-order valence-electron chi connectivity index (χ2n) is 3.80. The standard InChI is InChI=1S/C13H12ClN3O3/c1-19-9-5-3-4-8(14)10(9)12-16-6-7(11(15)18)13(17-12)20-2/h3-6H,1-2H3,(H2,15,18). The summed E-state index contributed by atoms with van der Waals surface area (Å²) in [7, 11) is 2.91. The van der Waals surface area contributed by atoms with E-state index in [1.807, 2.05) is 0 Å². The van der Waals surface area contributed by atoms with E-state index in [1.54, 1.807) is 18.2 Å². The van der Waals surface area contributed by atoms with Crippen LogP contribution in [0.1, 0.15) is 10.4 Å². The molecule has 2 N–H and O–H groups in total. The van der Waals surface area contributed by atoms with Gasteiger partial charge in [-0.3, -0.25) is 4.79 Å². The van der Waals surface area contributed by atoms with Gasteiger partial charge in [0.2, 0.25) is 5.88 Å². The molecule has 1 heterocycles. The zero-order valence-electron chi connectivity index (χ0n) is 10.9. The van der Waals surface area contributed by atoms with Gasteiger partial charge in [0.05, 0.1) is 24.8 Å². The Bertz CT molecular complexity index is 661. The molecule has 104 valence electrons. The van der Waals surface area contributed by atoms with Crippen LogP contribution in [-0.4, -0.2) is 30.1 Å². The van der Waals surface area contributed by atoms with E-state index in [-0.39, 0.29) is 17.3 Å². The maximum absolute atomic E-state index is 11.2. The van der Waals surface area contributed by atoms with Gasteiger partial charge in [-0.25, -0.2) is 4.98 Å². The van der Waals surface area contributed by atoms with Crippen molar-refractivity contribution in [2.24, 2.45) is 5.73 Å². The van der Waals surface area contributed by atoms with Crippen LogP contribution in [0.3, 0.4) is 0 Å². The van der Waals surface area contributed by atoms with Gasteiger partial charge in [0.1, 0.15) is 11.3 Å². The Kier molecular flexibility index (Phi) is 4.05. The number of hydrogen-bond donors (Lipinski definition) is 1. The highest BCUT2D eigenvalue weighted by atomic mass is 35.5. The van der Waals surface area contributed by atoms with Gasteiger partial charge in [0.25, 0.3) is 5.91 Å². The Morgan fingerprint density at radius 2 is 2.05 bits per heavy atom. The number of rotatable bonds is 4. The lowest BCUT2D eigenvalue weighted by atomic mass is 10.1. The molecule has 0 radical (unpaired) electrons. The van der Waals surface area contributed by atoms with E-state index < -0.39 is 5.91 Å². The Morgan fingerprint density at radius 1 is 1.30 bits per heavy atom. The average molecular weight is 294 g/mol. The first-order chi connectivity index (χ1) is 9.58. The summed E-state index contributed by atoms with van der Waals surface area (Å²) in [5.41, 5.74) is 5.83. The molecule has 20 heavy (non-hydrogen) atoms. The molecule has 0 aliphatic rings. The van der Waals surface area contributed by atoms with Crippen LogP contribution >= 0.6 is 11.6 Å². The summed E-state index contributed by atoms with van der Waals surface area (Å²) < 4.78 is 10.3. The molecule has 0 unspecified atom stereocenters. The summed E-state index contributed by atoms with van der Waals surface area (Å²) in [4.78, 5) is 19.5. The van der Waals surface area contributed by atoms with Gasteiger partial charge in [0, 0.05) is 6.20 Å². The van der Waals surface area contributed by atoms with Crippen LogP contribution in [0.5, 0.6) is 11.6 Å².